The summed E-state index contributed by atoms with van der Waals surface area (Å²) in [5, 5.41) is 7.24. The highest BCUT2D eigenvalue weighted by atomic mass is 32.1. The highest BCUT2D eigenvalue weighted by Gasteiger charge is 2.49. The zero-order valence-corrected chi connectivity index (χ0v) is 24.0. The zero-order chi connectivity index (χ0) is 28.9. The molecule has 3 aromatic carbocycles. The van der Waals surface area contributed by atoms with Crippen molar-refractivity contribution in [3.05, 3.63) is 87.8 Å². The summed E-state index contributed by atoms with van der Waals surface area (Å²) in [5.41, 5.74) is 21.7. The number of nitrogens with two attached hydrogens (primary N) is 3. The lowest BCUT2D eigenvalue weighted by atomic mass is 9.69. The average Bonchev–Trinajstić information content (AvgIpc) is 3.38. The minimum absolute atomic E-state index is 0.00105. The number of hydrogen-bond acceptors (Lipinski definition) is 8. The monoisotopic (exact) mass is 569 g/mol. The minimum Gasteiger partial charge on any atom is -0.457 e. The molecule has 0 saturated heterocycles. The van der Waals surface area contributed by atoms with Gasteiger partial charge in [-0.05, 0) is 73.8 Å². The lowest BCUT2D eigenvalue weighted by molar-refractivity contribution is -0.124. The zero-order valence-electron chi connectivity index (χ0n) is 23.2. The number of carbonyl (C=O) groups is 2. The molecule has 9 heteroatoms. The van der Waals surface area contributed by atoms with Gasteiger partial charge in [0, 0.05) is 28.7 Å². The number of benzene rings is 3. The molecule has 0 bridgehead atoms. The molecule has 2 aliphatic carbocycles. The first-order valence-corrected chi connectivity index (χ1v) is 14.8. The van der Waals surface area contributed by atoms with Crippen LogP contribution in [0.1, 0.15) is 63.7 Å². The fourth-order valence-corrected chi connectivity index (χ4v) is 7.68. The number of nitrogens with one attached hydrogen (secondary N) is 2. The number of rotatable bonds is 6. The van der Waals surface area contributed by atoms with Crippen molar-refractivity contribution < 1.29 is 14.3 Å². The third-order valence-corrected chi connectivity index (χ3v) is 9.83. The Morgan fingerprint density at radius 3 is 2.41 bits per heavy atom. The molecule has 0 radical (unpaired) electrons. The molecule has 1 saturated carbocycles. The number of para-hydroxylation sites is 1. The van der Waals surface area contributed by atoms with Gasteiger partial charge in [0.15, 0.2) is 5.78 Å². The minimum atomic E-state index is -1.52. The van der Waals surface area contributed by atoms with Crippen LogP contribution in [0.2, 0.25) is 0 Å². The number of aryl methyl sites for hydroxylation is 1. The molecule has 4 aromatic rings. The Morgan fingerprint density at radius 1 is 1.00 bits per heavy atom. The van der Waals surface area contributed by atoms with Crippen molar-refractivity contribution in [3.8, 4) is 11.5 Å². The van der Waals surface area contributed by atoms with Crippen LogP contribution in [-0.4, -0.2) is 30.8 Å². The number of Topliss-reactive ketones (excluding diaryl/α,β-unsaturated/α-hetero) is 1. The van der Waals surface area contributed by atoms with E-state index < -0.39 is 11.6 Å². The predicted molar refractivity (Wildman–Crippen MR) is 163 cm³/mol. The lowest BCUT2D eigenvalue weighted by Crippen LogP contribution is -2.53. The molecule has 0 aliphatic heterocycles. The first kappa shape index (κ1) is 27.4. The summed E-state index contributed by atoms with van der Waals surface area (Å²) in [6.07, 6.45) is 4.08. The van der Waals surface area contributed by atoms with E-state index >= 15 is 0 Å². The number of thiophene rings is 1. The molecule has 1 amide bonds. The van der Waals surface area contributed by atoms with Crippen LogP contribution >= 0.6 is 11.3 Å². The van der Waals surface area contributed by atoms with Crippen LogP contribution in [-0.2, 0) is 10.3 Å². The van der Waals surface area contributed by atoms with Gasteiger partial charge < -0.3 is 32.6 Å². The van der Waals surface area contributed by atoms with E-state index in [0.717, 1.165) is 35.9 Å². The third-order valence-electron chi connectivity index (χ3n) is 8.57. The molecular formula is C32H35N5O3S. The average molecular weight is 570 g/mol. The van der Waals surface area contributed by atoms with Gasteiger partial charge in [-0.25, -0.2) is 0 Å². The number of ether oxygens (including phenoxy) is 1. The van der Waals surface area contributed by atoms with Gasteiger partial charge in [0.25, 0.3) is 5.91 Å². The number of carbonyl (C=O) groups excluding carboxylic acids is 2. The molecular weight excluding hydrogens is 534 g/mol. The molecule has 4 atom stereocenters. The number of anilines is 1. The van der Waals surface area contributed by atoms with Crippen molar-refractivity contribution in [2.45, 2.75) is 56.3 Å². The maximum absolute atomic E-state index is 14.2. The maximum atomic E-state index is 14.2. The van der Waals surface area contributed by atoms with Crippen LogP contribution in [0, 0.1) is 6.92 Å². The van der Waals surface area contributed by atoms with E-state index in [-0.39, 0.29) is 23.8 Å². The van der Waals surface area contributed by atoms with Crippen LogP contribution in [0.5, 0.6) is 11.5 Å². The van der Waals surface area contributed by atoms with Gasteiger partial charge >= 0.3 is 0 Å². The molecule has 41 heavy (non-hydrogen) atoms. The molecule has 8 N–H and O–H groups in total. The molecule has 1 fully saturated rings. The van der Waals surface area contributed by atoms with Crippen molar-refractivity contribution >= 4 is 38.8 Å². The normalized spacial score (nSPS) is 23.9. The lowest BCUT2D eigenvalue weighted by Gasteiger charge is -2.37. The summed E-state index contributed by atoms with van der Waals surface area (Å²) < 4.78 is 6.72. The number of hydrogen-bond donors (Lipinski definition) is 5. The van der Waals surface area contributed by atoms with E-state index in [0.29, 0.717) is 44.1 Å². The van der Waals surface area contributed by atoms with E-state index in [2.05, 4.69) is 10.6 Å². The van der Waals surface area contributed by atoms with Gasteiger partial charge in [0.05, 0.1) is 15.6 Å². The second kappa shape index (κ2) is 10.6. The highest BCUT2D eigenvalue weighted by Crippen LogP contribution is 2.50. The smallest absolute Gasteiger partial charge is 0.262 e. The number of likely N-dealkylation sites (N-methyl/N-ethyl adjacent to an activating group) is 1. The van der Waals surface area contributed by atoms with Crippen LogP contribution in [0.25, 0.3) is 10.1 Å². The second-order valence-corrected chi connectivity index (χ2v) is 12.1. The summed E-state index contributed by atoms with van der Waals surface area (Å²) in [4.78, 5) is 28.3. The Kier molecular flexibility index (Phi) is 7.07. The molecule has 8 nitrogen and oxygen atoms in total. The van der Waals surface area contributed by atoms with E-state index in [1.807, 2.05) is 62.5 Å². The Bertz CT molecular complexity index is 1650. The van der Waals surface area contributed by atoms with E-state index in [1.165, 1.54) is 11.3 Å². The molecule has 2 aliphatic rings. The SMILES string of the molecule is CNC1CCCCC1NC(=O)c1sc2c(N)ccc3c2c1C(N)C(=O)C3(N)c1ccc(Oc2ccccc2)cc1C. The maximum Gasteiger partial charge on any atom is 0.262 e. The number of nitrogen functional groups attached to an aromatic ring is 1. The second-order valence-electron chi connectivity index (χ2n) is 11.1. The van der Waals surface area contributed by atoms with Gasteiger partial charge in [-0.15, -0.1) is 11.3 Å². The van der Waals surface area contributed by atoms with Gasteiger partial charge in [-0.2, -0.15) is 0 Å². The quantitative estimate of drug-likeness (QED) is 0.213. The van der Waals surface area contributed by atoms with Crippen molar-refractivity contribution in [2.75, 3.05) is 12.8 Å². The molecule has 1 aromatic heterocycles. The topological polar surface area (TPSA) is 145 Å². The fraction of sp³-hybridized carbons (Fsp3) is 0.312. The molecule has 212 valence electrons. The van der Waals surface area contributed by atoms with E-state index in [9.17, 15) is 9.59 Å². The first-order chi connectivity index (χ1) is 19.7. The Labute approximate surface area is 243 Å². The van der Waals surface area contributed by atoms with Crippen molar-refractivity contribution in [1.29, 1.82) is 0 Å². The van der Waals surface area contributed by atoms with Gasteiger partial charge in [0.2, 0.25) is 0 Å². The summed E-state index contributed by atoms with van der Waals surface area (Å²) in [7, 11) is 1.92. The summed E-state index contributed by atoms with van der Waals surface area (Å²) in [6, 6.07) is 17.6. The van der Waals surface area contributed by atoms with Crippen molar-refractivity contribution in [1.82, 2.24) is 10.6 Å². The molecule has 6 rings (SSSR count). The van der Waals surface area contributed by atoms with Crippen LogP contribution < -0.4 is 32.6 Å². The van der Waals surface area contributed by atoms with Gasteiger partial charge in [0.1, 0.15) is 17.0 Å². The third kappa shape index (κ3) is 4.49. The summed E-state index contributed by atoms with van der Waals surface area (Å²) in [6.45, 7) is 1.90. The van der Waals surface area contributed by atoms with Gasteiger partial charge in [-0.3, -0.25) is 9.59 Å². The fourth-order valence-electron chi connectivity index (χ4n) is 6.48. The Morgan fingerprint density at radius 2 is 1.71 bits per heavy atom. The first-order valence-electron chi connectivity index (χ1n) is 14.0. The van der Waals surface area contributed by atoms with Crippen molar-refractivity contribution in [3.63, 3.8) is 0 Å². The Balaban J connectivity index is 1.43. The molecule has 1 heterocycles. The summed E-state index contributed by atoms with van der Waals surface area (Å²) in [5.74, 6) is 0.745. The predicted octanol–water partition coefficient (Wildman–Crippen LogP) is 4.63. The molecule has 4 unspecified atom stereocenters. The summed E-state index contributed by atoms with van der Waals surface area (Å²) >= 11 is 1.28. The molecule has 0 spiro atoms. The van der Waals surface area contributed by atoms with E-state index in [1.54, 1.807) is 12.1 Å². The standard InChI is InChI=1S/C32H35N5O3S/c1-17-16-19(40-18-8-4-3-5-9-18)12-13-20(17)32(35)21-14-15-22(33)28-25(21)26(27(34)30(32)38)29(41-28)31(39)37-24-11-7-6-10-23(24)36-2/h3-5,8-9,12-16,23-24,27,36H,6-7,10-11,33-35H2,1-2H3,(H,37,39). The van der Waals surface area contributed by atoms with E-state index in [4.69, 9.17) is 21.9 Å². The largest absolute Gasteiger partial charge is 0.457 e. The number of amides is 1. The van der Waals surface area contributed by atoms with Crippen molar-refractivity contribution in [2.24, 2.45) is 11.5 Å². The van der Waals surface area contributed by atoms with Crippen LogP contribution in [0.15, 0.2) is 60.7 Å². The highest BCUT2D eigenvalue weighted by molar-refractivity contribution is 7.21. The van der Waals surface area contributed by atoms with Gasteiger partial charge in [-0.1, -0.05) is 43.2 Å². The Hall–Kier alpha value is -3.76. The van der Waals surface area contributed by atoms with Crippen LogP contribution in [0.4, 0.5) is 5.69 Å². The number of ketones is 1. The van der Waals surface area contributed by atoms with Crippen LogP contribution in [0.3, 0.4) is 0 Å².